The van der Waals surface area contributed by atoms with Gasteiger partial charge in [-0.25, -0.2) is 4.98 Å². The Labute approximate surface area is 121 Å². The smallest absolute Gasteiger partial charge is 0.279 e. The molecule has 1 N–H and O–H groups in total. The molecule has 1 fully saturated rings. The molecule has 3 rings (SSSR count). The average molecular weight is 288 g/mol. The van der Waals surface area contributed by atoms with Crippen LogP contribution in [0, 0.1) is 6.92 Å². The van der Waals surface area contributed by atoms with Gasteiger partial charge in [-0.15, -0.1) is 0 Å². The number of aryl methyl sites for hydroxylation is 1. The minimum Gasteiger partial charge on any atom is -0.378 e. The van der Waals surface area contributed by atoms with Gasteiger partial charge >= 0.3 is 0 Å². The Morgan fingerprint density at radius 1 is 1.33 bits per heavy atom. The summed E-state index contributed by atoms with van der Waals surface area (Å²) in [5.41, 5.74) is 1.26. The van der Waals surface area contributed by atoms with Gasteiger partial charge in [0.05, 0.1) is 25.1 Å². The van der Waals surface area contributed by atoms with Gasteiger partial charge in [0.25, 0.3) is 5.91 Å². The molecule has 0 bridgehead atoms. The fourth-order valence-corrected chi connectivity index (χ4v) is 2.12. The molecule has 0 spiro atoms. The molecule has 0 saturated carbocycles. The van der Waals surface area contributed by atoms with E-state index in [1.807, 2.05) is 6.07 Å². The third kappa shape index (κ3) is 3.19. The lowest BCUT2D eigenvalue weighted by molar-refractivity contribution is 0.101. The lowest BCUT2D eigenvalue weighted by Gasteiger charge is -2.28. The number of rotatable bonds is 3. The topological polar surface area (TPSA) is 80.5 Å². The molecule has 2 aromatic rings. The highest BCUT2D eigenvalue weighted by Gasteiger charge is 2.13. The van der Waals surface area contributed by atoms with Crippen LogP contribution in [0.15, 0.2) is 28.9 Å². The molecule has 1 saturated heterocycles. The van der Waals surface area contributed by atoms with Crippen LogP contribution in [-0.2, 0) is 4.74 Å². The number of carbonyl (C=O) groups is 1. The zero-order valence-electron chi connectivity index (χ0n) is 11.7. The van der Waals surface area contributed by atoms with E-state index in [-0.39, 0.29) is 11.6 Å². The summed E-state index contributed by atoms with van der Waals surface area (Å²) in [5.74, 6) is 0.743. The predicted octanol–water partition coefficient (Wildman–Crippen LogP) is 1.47. The van der Waals surface area contributed by atoms with Gasteiger partial charge < -0.3 is 19.5 Å². The van der Waals surface area contributed by atoms with E-state index >= 15 is 0 Å². The predicted molar refractivity (Wildman–Crippen MR) is 76.5 cm³/mol. The molecular formula is C14H16N4O3. The monoisotopic (exact) mass is 288 g/mol. The summed E-state index contributed by atoms with van der Waals surface area (Å²) >= 11 is 0. The number of aromatic nitrogens is 2. The number of morpholine rings is 1. The van der Waals surface area contributed by atoms with E-state index < -0.39 is 0 Å². The Kier molecular flexibility index (Phi) is 3.83. The maximum Gasteiger partial charge on any atom is 0.279 e. The van der Waals surface area contributed by atoms with E-state index in [1.165, 1.54) is 0 Å². The van der Waals surface area contributed by atoms with Crippen LogP contribution in [0.3, 0.4) is 0 Å². The molecule has 1 amide bonds. The maximum absolute atomic E-state index is 11.9. The third-order valence-electron chi connectivity index (χ3n) is 3.23. The number of nitrogens with one attached hydrogen (secondary N) is 1. The maximum atomic E-state index is 11.9. The minimum atomic E-state index is -0.335. The Balaban J connectivity index is 1.65. The third-order valence-corrected chi connectivity index (χ3v) is 3.23. The second-order valence-corrected chi connectivity index (χ2v) is 4.78. The fraction of sp³-hybridized carbons (Fsp3) is 0.357. The Bertz CT molecular complexity index is 617. The van der Waals surface area contributed by atoms with E-state index in [4.69, 9.17) is 9.26 Å². The summed E-state index contributed by atoms with van der Waals surface area (Å²) in [7, 11) is 0. The molecule has 0 unspecified atom stereocenters. The van der Waals surface area contributed by atoms with E-state index in [1.54, 1.807) is 25.3 Å². The minimum absolute atomic E-state index is 0.242. The zero-order valence-corrected chi connectivity index (χ0v) is 11.7. The molecule has 0 aliphatic carbocycles. The summed E-state index contributed by atoms with van der Waals surface area (Å²) in [6.07, 6.45) is 1.75. The van der Waals surface area contributed by atoms with E-state index in [0.29, 0.717) is 11.6 Å². The van der Waals surface area contributed by atoms with Crippen molar-refractivity contribution in [2.75, 3.05) is 36.5 Å². The molecule has 7 nitrogen and oxygen atoms in total. The van der Waals surface area contributed by atoms with Crippen molar-refractivity contribution in [1.82, 2.24) is 10.1 Å². The second-order valence-electron chi connectivity index (χ2n) is 4.78. The molecule has 0 aromatic carbocycles. The molecule has 0 radical (unpaired) electrons. The molecule has 1 aliphatic heterocycles. The van der Waals surface area contributed by atoms with Gasteiger partial charge in [0.1, 0.15) is 11.6 Å². The van der Waals surface area contributed by atoms with Crippen molar-refractivity contribution in [2.45, 2.75) is 6.92 Å². The molecule has 2 aromatic heterocycles. The van der Waals surface area contributed by atoms with Crippen LogP contribution < -0.4 is 10.2 Å². The summed E-state index contributed by atoms with van der Waals surface area (Å²) in [4.78, 5) is 18.4. The van der Waals surface area contributed by atoms with Crippen LogP contribution in [-0.4, -0.2) is 42.4 Å². The van der Waals surface area contributed by atoms with Gasteiger partial charge in [-0.3, -0.25) is 4.79 Å². The van der Waals surface area contributed by atoms with Crippen molar-refractivity contribution >= 4 is 17.4 Å². The molecule has 3 heterocycles. The molecular weight excluding hydrogens is 272 g/mol. The number of nitrogens with zero attached hydrogens (tertiary/aromatic N) is 3. The molecule has 0 atom stereocenters. The number of hydrogen-bond acceptors (Lipinski definition) is 6. The van der Waals surface area contributed by atoms with Crippen molar-refractivity contribution in [3.05, 3.63) is 35.9 Å². The van der Waals surface area contributed by atoms with E-state index in [9.17, 15) is 4.79 Å². The average Bonchev–Trinajstić information content (AvgIpc) is 2.96. The van der Waals surface area contributed by atoms with Crippen LogP contribution in [0.4, 0.5) is 11.5 Å². The number of amides is 1. The quantitative estimate of drug-likeness (QED) is 0.921. The number of hydrogen-bond donors (Lipinski definition) is 1. The number of pyridine rings is 1. The highest BCUT2D eigenvalue weighted by molar-refractivity contribution is 6.02. The summed E-state index contributed by atoms with van der Waals surface area (Å²) in [6.45, 7) is 4.89. The first kappa shape index (κ1) is 13.6. The second kappa shape index (κ2) is 5.92. The SMILES string of the molecule is Cc1cc(C(=O)Nc2ccc(N3CCOCC3)cn2)no1. The van der Waals surface area contributed by atoms with Crippen LogP contribution in [0.2, 0.25) is 0 Å². The summed E-state index contributed by atoms with van der Waals surface area (Å²) in [5, 5.41) is 6.35. The van der Waals surface area contributed by atoms with Crippen LogP contribution in [0.5, 0.6) is 0 Å². The number of anilines is 2. The fourth-order valence-electron chi connectivity index (χ4n) is 2.12. The van der Waals surface area contributed by atoms with Crippen molar-refractivity contribution in [3.63, 3.8) is 0 Å². The van der Waals surface area contributed by atoms with Crippen molar-refractivity contribution in [2.24, 2.45) is 0 Å². The van der Waals surface area contributed by atoms with Crippen molar-refractivity contribution in [1.29, 1.82) is 0 Å². The standard InChI is InChI=1S/C14H16N4O3/c1-10-8-12(17-21-10)14(19)16-13-3-2-11(9-15-13)18-4-6-20-7-5-18/h2-3,8-9H,4-7H2,1H3,(H,15,16,19). The van der Waals surface area contributed by atoms with Crippen LogP contribution in [0.1, 0.15) is 16.2 Å². The number of carbonyl (C=O) groups excluding carboxylic acids is 1. The van der Waals surface area contributed by atoms with Crippen molar-refractivity contribution < 1.29 is 14.1 Å². The molecule has 110 valence electrons. The van der Waals surface area contributed by atoms with Gasteiger partial charge in [-0.05, 0) is 19.1 Å². The number of ether oxygens (including phenoxy) is 1. The van der Waals surface area contributed by atoms with E-state index in [2.05, 4.69) is 20.4 Å². The normalized spacial score (nSPS) is 15.0. The first-order chi connectivity index (χ1) is 10.2. The van der Waals surface area contributed by atoms with Crippen molar-refractivity contribution in [3.8, 4) is 0 Å². The lowest BCUT2D eigenvalue weighted by atomic mass is 10.3. The molecule has 1 aliphatic rings. The Morgan fingerprint density at radius 2 is 2.14 bits per heavy atom. The highest BCUT2D eigenvalue weighted by Crippen LogP contribution is 2.16. The van der Waals surface area contributed by atoms with Gasteiger partial charge in [0.2, 0.25) is 0 Å². The Hall–Kier alpha value is -2.41. The molecule has 7 heteroatoms. The molecule has 21 heavy (non-hydrogen) atoms. The summed E-state index contributed by atoms with van der Waals surface area (Å²) < 4.78 is 10.2. The first-order valence-corrected chi connectivity index (χ1v) is 6.76. The highest BCUT2D eigenvalue weighted by atomic mass is 16.5. The zero-order chi connectivity index (χ0) is 14.7. The van der Waals surface area contributed by atoms with Gasteiger partial charge in [0, 0.05) is 19.2 Å². The Morgan fingerprint density at radius 3 is 2.76 bits per heavy atom. The summed E-state index contributed by atoms with van der Waals surface area (Å²) in [6, 6.07) is 5.29. The lowest BCUT2D eigenvalue weighted by Crippen LogP contribution is -2.36. The van der Waals surface area contributed by atoms with Crippen LogP contribution in [0.25, 0.3) is 0 Å². The van der Waals surface area contributed by atoms with Gasteiger partial charge in [-0.1, -0.05) is 5.16 Å². The van der Waals surface area contributed by atoms with Gasteiger partial charge in [0.15, 0.2) is 5.69 Å². The van der Waals surface area contributed by atoms with Crippen LogP contribution >= 0.6 is 0 Å². The van der Waals surface area contributed by atoms with Gasteiger partial charge in [-0.2, -0.15) is 0 Å². The largest absolute Gasteiger partial charge is 0.378 e. The van der Waals surface area contributed by atoms with E-state index in [0.717, 1.165) is 32.0 Å². The first-order valence-electron chi connectivity index (χ1n) is 6.76.